The molecule has 3 aromatic rings. The first-order chi connectivity index (χ1) is 23.0. The Bertz CT molecular complexity index is 1940. The number of aliphatic imine (C=N–C) groups is 1. The van der Waals surface area contributed by atoms with Crippen LogP contribution < -0.4 is 10.6 Å². The Hall–Kier alpha value is -4.40. The molecule has 6 rings (SSSR count). The number of anilines is 2. The summed E-state index contributed by atoms with van der Waals surface area (Å²) in [5.74, 6) is -2.71. The van der Waals surface area contributed by atoms with Crippen LogP contribution in [0.4, 0.5) is 11.4 Å². The van der Waals surface area contributed by atoms with E-state index in [0.29, 0.717) is 73.5 Å². The summed E-state index contributed by atoms with van der Waals surface area (Å²) >= 11 is 14.9. The molecule has 0 saturated heterocycles. The largest absolute Gasteiger partial charge is 0.480 e. The van der Waals surface area contributed by atoms with Crippen molar-refractivity contribution in [1.29, 1.82) is 0 Å². The number of carbonyl (C=O) groups is 4. The summed E-state index contributed by atoms with van der Waals surface area (Å²) in [7, 11) is 0. The second-order valence-corrected chi connectivity index (χ2v) is 13.5. The van der Waals surface area contributed by atoms with E-state index in [0.717, 1.165) is 21.8 Å². The number of carbonyl (C=O) groups excluding carboxylic acids is 2. The Morgan fingerprint density at radius 2 is 1.44 bits per heavy atom. The molecule has 3 aliphatic heterocycles. The quantitative estimate of drug-likeness (QED) is 0.234. The number of fused-ring (bicyclic) bond motifs is 1. The lowest BCUT2D eigenvalue weighted by Gasteiger charge is -2.31. The third kappa shape index (κ3) is 7.20. The number of thiazole rings is 1. The molecule has 4 N–H and O–H groups in total. The minimum Gasteiger partial charge on any atom is -0.480 e. The van der Waals surface area contributed by atoms with Gasteiger partial charge in [0.2, 0.25) is 0 Å². The van der Waals surface area contributed by atoms with Crippen molar-refractivity contribution in [3.8, 4) is 11.1 Å². The smallest absolute Gasteiger partial charge is 0.317 e. The van der Waals surface area contributed by atoms with E-state index in [1.807, 2.05) is 4.90 Å². The van der Waals surface area contributed by atoms with Crippen LogP contribution in [0.15, 0.2) is 64.8 Å². The van der Waals surface area contributed by atoms with Crippen LogP contribution in [0.2, 0.25) is 10.0 Å². The van der Waals surface area contributed by atoms with Crippen LogP contribution in [-0.4, -0.2) is 87.2 Å². The molecule has 2 amide bonds. The van der Waals surface area contributed by atoms with Gasteiger partial charge in [-0.25, -0.2) is 9.98 Å². The predicted octanol–water partition coefficient (Wildman–Crippen LogP) is 5.20. The van der Waals surface area contributed by atoms with Crippen molar-refractivity contribution >= 4 is 75.4 Å². The average Bonchev–Trinajstić information content (AvgIpc) is 3.46. The summed E-state index contributed by atoms with van der Waals surface area (Å²) in [6, 6.07) is 10.3. The van der Waals surface area contributed by atoms with E-state index in [1.54, 1.807) is 41.3 Å². The summed E-state index contributed by atoms with van der Waals surface area (Å²) in [6.07, 6.45) is 1.51. The molecule has 0 aliphatic carbocycles. The summed E-state index contributed by atoms with van der Waals surface area (Å²) in [5.41, 5.74) is 4.99. The number of benzene rings is 2. The van der Waals surface area contributed by atoms with Crippen molar-refractivity contribution in [3.05, 3.63) is 85.4 Å². The summed E-state index contributed by atoms with van der Waals surface area (Å²) in [6.45, 7) is 5.88. The molecule has 0 radical (unpaired) electrons. The van der Waals surface area contributed by atoms with E-state index >= 15 is 0 Å². The van der Waals surface area contributed by atoms with Crippen molar-refractivity contribution in [3.63, 3.8) is 0 Å². The highest BCUT2D eigenvalue weighted by molar-refractivity contribution is 7.13. The van der Waals surface area contributed by atoms with Crippen molar-refractivity contribution in [2.24, 2.45) is 4.99 Å². The van der Waals surface area contributed by atoms with Gasteiger partial charge in [-0.2, -0.15) is 0 Å². The standard InChI is InChI=1S/C33H30Cl2N6O6S/c1-17-12-18-13-40(15-26(42)43)10-8-21(18)36-30(17)31(46)37-23-6-2-4-19(28(23)34)20-5-3-7-24(29(20)35)38-32(47)33-39-22-9-11-41(16-27(44)45)14-25(22)48-33/h2-7H,1,8-16H2,(H,37,46)(H,38,47)(H,42,43)(H,44,45). The van der Waals surface area contributed by atoms with Crippen LogP contribution >= 0.6 is 34.5 Å². The third-order valence-corrected chi connectivity index (χ3v) is 10.1. The van der Waals surface area contributed by atoms with Gasteiger partial charge in [0.25, 0.3) is 11.8 Å². The number of hydrogen-bond donors (Lipinski definition) is 4. The third-order valence-electron chi connectivity index (χ3n) is 8.22. The molecule has 0 saturated carbocycles. The van der Waals surface area contributed by atoms with E-state index in [1.165, 1.54) is 11.3 Å². The highest BCUT2D eigenvalue weighted by Gasteiger charge is 2.29. The van der Waals surface area contributed by atoms with Gasteiger partial charge in [-0.05, 0) is 29.7 Å². The summed E-state index contributed by atoms with van der Waals surface area (Å²) < 4.78 is 0. The second kappa shape index (κ2) is 14.0. The lowest BCUT2D eigenvalue weighted by Crippen LogP contribution is -2.38. The molecular formula is C33H30Cl2N6O6S. The minimum absolute atomic E-state index is 0.0570. The number of carboxylic acid groups (broad SMARTS) is 2. The van der Waals surface area contributed by atoms with Crippen molar-refractivity contribution in [2.45, 2.75) is 25.8 Å². The predicted molar refractivity (Wildman–Crippen MR) is 184 cm³/mol. The molecule has 2 aromatic carbocycles. The highest BCUT2D eigenvalue weighted by Crippen LogP contribution is 2.41. The normalized spacial score (nSPS) is 16.5. The van der Waals surface area contributed by atoms with Gasteiger partial charge in [0.15, 0.2) is 5.01 Å². The Kier molecular flexibility index (Phi) is 9.76. The zero-order valence-electron chi connectivity index (χ0n) is 25.5. The van der Waals surface area contributed by atoms with Crippen molar-refractivity contribution < 1.29 is 29.4 Å². The molecule has 0 fully saturated rings. The number of nitrogens with zero attached hydrogens (tertiary/aromatic N) is 4. The van der Waals surface area contributed by atoms with Gasteiger partial charge in [0.05, 0.1) is 40.2 Å². The van der Waals surface area contributed by atoms with Gasteiger partial charge in [-0.15, -0.1) is 11.3 Å². The average molecular weight is 710 g/mol. The Morgan fingerprint density at radius 3 is 2.06 bits per heavy atom. The first-order valence-electron chi connectivity index (χ1n) is 15.0. The van der Waals surface area contributed by atoms with Crippen LogP contribution in [0.5, 0.6) is 0 Å². The maximum Gasteiger partial charge on any atom is 0.317 e. The number of aliphatic carboxylic acids is 2. The van der Waals surface area contributed by atoms with Gasteiger partial charge in [0.1, 0.15) is 5.71 Å². The number of hydrogen-bond acceptors (Lipinski definition) is 9. The monoisotopic (exact) mass is 708 g/mol. The lowest BCUT2D eigenvalue weighted by molar-refractivity contribution is -0.139. The highest BCUT2D eigenvalue weighted by atomic mass is 35.5. The number of carboxylic acids is 2. The molecule has 4 heterocycles. The summed E-state index contributed by atoms with van der Waals surface area (Å²) in [5, 5.41) is 24.7. The Morgan fingerprint density at radius 1 is 0.854 bits per heavy atom. The number of nitrogens with one attached hydrogen (secondary N) is 2. The van der Waals surface area contributed by atoms with Gasteiger partial charge in [-0.3, -0.25) is 29.0 Å². The molecule has 0 atom stereocenters. The van der Waals surface area contributed by atoms with Crippen molar-refractivity contribution in [1.82, 2.24) is 14.8 Å². The SMILES string of the molecule is C=C1CC2=C(CCN(CC(=O)O)C2)N=C1C(=O)Nc1cccc(-c2cccc(NC(=O)c3nc4c(s3)CN(CC(=O)O)CC4)c2Cl)c1Cl. The fourth-order valence-electron chi connectivity index (χ4n) is 5.97. The first kappa shape index (κ1) is 33.5. The zero-order chi connectivity index (χ0) is 34.1. The minimum atomic E-state index is -0.905. The Labute approximate surface area is 289 Å². The molecule has 248 valence electrons. The fraction of sp³-hybridized carbons (Fsp3) is 0.273. The van der Waals surface area contributed by atoms with E-state index in [4.69, 9.17) is 33.4 Å². The maximum atomic E-state index is 13.4. The van der Waals surface area contributed by atoms with Crippen molar-refractivity contribution in [2.75, 3.05) is 43.4 Å². The van der Waals surface area contributed by atoms with Gasteiger partial charge in [-0.1, -0.05) is 54.0 Å². The van der Waals surface area contributed by atoms with E-state index < -0.39 is 23.8 Å². The topological polar surface area (TPSA) is 165 Å². The van der Waals surface area contributed by atoms with Crippen LogP contribution in [0.25, 0.3) is 11.1 Å². The van der Waals surface area contributed by atoms with Gasteiger partial charge in [0, 0.05) is 60.7 Å². The first-order valence-corrected chi connectivity index (χ1v) is 16.6. The maximum absolute atomic E-state index is 13.4. The summed E-state index contributed by atoms with van der Waals surface area (Å²) in [4.78, 5) is 62.4. The van der Waals surface area contributed by atoms with Crippen LogP contribution in [0, 0.1) is 0 Å². The number of halogens is 2. The van der Waals surface area contributed by atoms with Crippen LogP contribution in [0.3, 0.4) is 0 Å². The lowest BCUT2D eigenvalue weighted by atomic mass is 9.93. The molecule has 12 nitrogen and oxygen atoms in total. The number of amides is 2. The molecular weight excluding hydrogens is 679 g/mol. The molecule has 0 spiro atoms. The van der Waals surface area contributed by atoms with Crippen LogP contribution in [0.1, 0.15) is 33.2 Å². The molecule has 15 heteroatoms. The van der Waals surface area contributed by atoms with E-state index in [-0.39, 0.29) is 33.9 Å². The molecule has 0 unspecified atom stereocenters. The van der Waals surface area contributed by atoms with Gasteiger partial charge < -0.3 is 20.8 Å². The number of aromatic nitrogens is 1. The molecule has 48 heavy (non-hydrogen) atoms. The Balaban J connectivity index is 1.17. The molecule has 1 aromatic heterocycles. The van der Waals surface area contributed by atoms with Crippen LogP contribution in [-0.2, 0) is 27.3 Å². The zero-order valence-corrected chi connectivity index (χ0v) is 27.8. The van der Waals surface area contributed by atoms with E-state index in [9.17, 15) is 19.2 Å². The van der Waals surface area contributed by atoms with E-state index in [2.05, 4.69) is 27.2 Å². The number of rotatable bonds is 9. The molecule has 0 bridgehead atoms. The second-order valence-electron chi connectivity index (χ2n) is 11.6. The van der Waals surface area contributed by atoms with Gasteiger partial charge >= 0.3 is 11.9 Å². The molecule has 3 aliphatic rings. The fourth-order valence-corrected chi connectivity index (χ4v) is 7.56.